The maximum atomic E-state index is 6.09. The first-order valence-electron chi connectivity index (χ1n) is 7.52. The summed E-state index contributed by atoms with van der Waals surface area (Å²) in [5.74, 6) is 1.55. The fraction of sp³-hybridized carbons (Fsp3) is 0.0500. The second-order valence-electron chi connectivity index (χ2n) is 5.27. The van der Waals surface area contributed by atoms with Crippen molar-refractivity contribution in [3.8, 4) is 0 Å². The van der Waals surface area contributed by atoms with Crippen LogP contribution in [0.3, 0.4) is 0 Å². The molecule has 0 fully saturated rings. The normalized spacial score (nSPS) is 17.1. The van der Waals surface area contributed by atoms with E-state index in [1.165, 1.54) is 5.56 Å². The highest BCUT2D eigenvalue weighted by atomic mass is 32.1. The molecule has 2 nitrogen and oxygen atoms in total. The zero-order valence-electron chi connectivity index (χ0n) is 12.4. The number of benzene rings is 2. The molecule has 2 heterocycles. The Morgan fingerprint density at radius 3 is 2.26 bits per heavy atom. The number of rotatable bonds is 3. The van der Waals surface area contributed by atoms with Crippen LogP contribution in [0.15, 0.2) is 89.2 Å². The fourth-order valence-electron chi connectivity index (χ4n) is 2.56. The average Bonchev–Trinajstić information content (AvgIpc) is 3.18. The van der Waals surface area contributed by atoms with E-state index in [4.69, 9.17) is 9.73 Å². The van der Waals surface area contributed by atoms with E-state index in [1.54, 1.807) is 11.3 Å². The molecule has 1 aromatic heterocycles. The maximum Gasteiger partial charge on any atom is 0.233 e. The van der Waals surface area contributed by atoms with Crippen LogP contribution in [0, 0.1) is 0 Å². The van der Waals surface area contributed by atoms with E-state index in [9.17, 15) is 0 Å². The number of nitrogens with zero attached hydrogens (tertiary/aromatic N) is 1. The lowest BCUT2D eigenvalue weighted by atomic mass is 10.0. The van der Waals surface area contributed by atoms with Crippen LogP contribution >= 0.6 is 11.3 Å². The van der Waals surface area contributed by atoms with Gasteiger partial charge in [0.1, 0.15) is 11.8 Å². The van der Waals surface area contributed by atoms with Gasteiger partial charge in [0.15, 0.2) is 0 Å². The minimum absolute atomic E-state index is 0.0303. The van der Waals surface area contributed by atoms with Crippen molar-refractivity contribution in [3.63, 3.8) is 0 Å². The van der Waals surface area contributed by atoms with Crippen molar-refractivity contribution >= 4 is 23.0 Å². The topological polar surface area (TPSA) is 21.6 Å². The zero-order chi connectivity index (χ0) is 15.5. The van der Waals surface area contributed by atoms with Crippen LogP contribution in [0.1, 0.15) is 22.0 Å². The van der Waals surface area contributed by atoms with E-state index in [1.807, 2.05) is 53.9 Å². The lowest BCUT2D eigenvalue weighted by Gasteiger charge is -2.21. The average molecular weight is 317 g/mol. The summed E-state index contributed by atoms with van der Waals surface area (Å²) in [5, 5.41) is 2.04. The molecule has 23 heavy (non-hydrogen) atoms. The van der Waals surface area contributed by atoms with E-state index in [2.05, 4.69) is 30.3 Å². The smallest absolute Gasteiger partial charge is 0.233 e. The maximum absolute atomic E-state index is 6.09. The van der Waals surface area contributed by atoms with Crippen molar-refractivity contribution in [1.82, 2.24) is 0 Å². The third-order valence-corrected chi connectivity index (χ3v) is 4.56. The second-order valence-corrected chi connectivity index (χ2v) is 6.21. The fourth-order valence-corrected chi connectivity index (χ4v) is 3.22. The Morgan fingerprint density at radius 1 is 0.826 bits per heavy atom. The highest BCUT2D eigenvalue weighted by molar-refractivity contribution is 7.12. The lowest BCUT2D eigenvalue weighted by molar-refractivity contribution is 0.487. The Labute approximate surface area is 139 Å². The second kappa shape index (κ2) is 6.23. The summed E-state index contributed by atoms with van der Waals surface area (Å²) in [6, 6.07) is 24.5. The molecule has 1 aliphatic rings. The lowest BCUT2D eigenvalue weighted by Crippen LogP contribution is -2.12. The molecule has 0 N–H and O–H groups in total. The van der Waals surface area contributed by atoms with Gasteiger partial charge in [0.2, 0.25) is 5.90 Å². The van der Waals surface area contributed by atoms with Gasteiger partial charge in [-0.1, -0.05) is 66.7 Å². The highest BCUT2D eigenvalue weighted by Gasteiger charge is 2.21. The van der Waals surface area contributed by atoms with Gasteiger partial charge in [-0.05, 0) is 23.1 Å². The quantitative estimate of drug-likeness (QED) is 0.641. The van der Waals surface area contributed by atoms with E-state index in [0.717, 1.165) is 16.2 Å². The Bertz CT molecular complexity index is 836. The highest BCUT2D eigenvalue weighted by Crippen LogP contribution is 2.32. The summed E-state index contributed by atoms with van der Waals surface area (Å²) in [4.78, 5) is 5.85. The van der Waals surface area contributed by atoms with Gasteiger partial charge in [-0.3, -0.25) is 0 Å². The summed E-state index contributed by atoms with van der Waals surface area (Å²) in [5.41, 5.74) is 2.23. The molecule has 1 atom stereocenters. The Hall–Kier alpha value is -2.65. The molecule has 0 spiro atoms. The Morgan fingerprint density at radius 2 is 1.57 bits per heavy atom. The summed E-state index contributed by atoms with van der Waals surface area (Å²) in [7, 11) is 0. The Balaban J connectivity index is 1.78. The molecule has 0 unspecified atom stereocenters. The molecule has 0 radical (unpaired) electrons. The van der Waals surface area contributed by atoms with Crippen molar-refractivity contribution in [3.05, 3.63) is 100 Å². The van der Waals surface area contributed by atoms with E-state index >= 15 is 0 Å². The summed E-state index contributed by atoms with van der Waals surface area (Å²) < 4.78 is 6.09. The number of aliphatic imine (C=N–C) groups is 1. The van der Waals surface area contributed by atoms with Crippen LogP contribution in [0.25, 0.3) is 5.76 Å². The predicted molar refractivity (Wildman–Crippen MR) is 95.5 cm³/mol. The molecule has 3 aromatic rings. The molecule has 0 bridgehead atoms. The van der Waals surface area contributed by atoms with Crippen molar-refractivity contribution < 1.29 is 4.74 Å². The molecule has 3 heteroatoms. The van der Waals surface area contributed by atoms with Crippen molar-refractivity contribution in [1.29, 1.82) is 0 Å². The monoisotopic (exact) mass is 317 g/mol. The number of hydrogen-bond acceptors (Lipinski definition) is 3. The Kier molecular flexibility index (Phi) is 3.78. The number of hydrogen-bond donors (Lipinski definition) is 0. The van der Waals surface area contributed by atoms with E-state index in [0.29, 0.717) is 5.90 Å². The van der Waals surface area contributed by atoms with Gasteiger partial charge >= 0.3 is 0 Å². The molecule has 0 saturated carbocycles. The third-order valence-electron chi connectivity index (χ3n) is 3.70. The number of thiophene rings is 1. The van der Waals surface area contributed by atoms with E-state index < -0.39 is 0 Å². The van der Waals surface area contributed by atoms with Crippen LogP contribution in [0.2, 0.25) is 0 Å². The molecule has 0 amide bonds. The van der Waals surface area contributed by atoms with Gasteiger partial charge in [0.05, 0.1) is 4.88 Å². The van der Waals surface area contributed by atoms with Crippen LogP contribution < -0.4 is 0 Å². The van der Waals surface area contributed by atoms with Gasteiger partial charge < -0.3 is 4.74 Å². The third kappa shape index (κ3) is 2.96. The SMILES string of the molecule is C1=C(c2ccccc2)OC(c2cccs2)=N[C@@H]1c1ccccc1. The first kappa shape index (κ1) is 14.0. The van der Waals surface area contributed by atoms with Gasteiger partial charge in [-0.25, -0.2) is 4.99 Å². The largest absolute Gasteiger partial charge is 0.438 e. The van der Waals surface area contributed by atoms with Gasteiger partial charge in [-0.15, -0.1) is 11.3 Å². The molecule has 0 saturated heterocycles. The summed E-state index contributed by atoms with van der Waals surface area (Å²) >= 11 is 1.64. The van der Waals surface area contributed by atoms with Crippen LogP contribution in [-0.2, 0) is 4.74 Å². The molecular formula is C20H15NOS. The minimum atomic E-state index is -0.0303. The standard InChI is InChI=1S/C20H15NOS/c1-3-8-15(9-4-1)17-14-18(16-10-5-2-6-11-16)22-20(21-17)19-12-7-13-23-19/h1-14,17H/t17-/m0/s1. The molecule has 112 valence electrons. The number of ether oxygens (including phenoxy) is 1. The molecular weight excluding hydrogens is 302 g/mol. The van der Waals surface area contributed by atoms with Crippen LogP contribution in [0.5, 0.6) is 0 Å². The molecule has 4 rings (SSSR count). The zero-order valence-corrected chi connectivity index (χ0v) is 13.2. The predicted octanol–water partition coefficient (Wildman–Crippen LogP) is 5.31. The van der Waals surface area contributed by atoms with Gasteiger partial charge in [0, 0.05) is 5.56 Å². The van der Waals surface area contributed by atoms with Gasteiger partial charge in [0.25, 0.3) is 0 Å². The van der Waals surface area contributed by atoms with Crippen molar-refractivity contribution in [2.24, 2.45) is 4.99 Å². The minimum Gasteiger partial charge on any atom is -0.438 e. The van der Waals surface area contributed by atoms with Crippen molar-refractivity contribution in [2.45, 2.75) is 6.04 Å². The van der Waals surface area contributed by atoms with Crippen LogP contribution in [0.4, 0.5) is 0 Å². The first-order chi connectivity index (χ1) is 11.4. The summed E-state index contributed by atoms with van der Waals surface area (Å²) in [6.45, 7) is 0. The van der Waals surface area contributed by atoms with Crippen LogP contribution in [-0.4, -0.2) is 5.90 Å². The van der Waals surface area contributed by atoms with Crippen molar-refractivity contribution in [2.75, 3.05) is 0 Å². The van der Waals surface area contributed by atoms with E-state index in [-0.39, 0.29) is 6.04 Å². The molecule has 2 aromatic carbocycles. The first-order valence-corrected chi connectivity index (χ1v) is 8.40. The summed E-state index contributed by atoms with van der Waals surface area (Å²) in [6.07, 6.45) is 2.09. The molecule has 0 aliphatic carbocycles. The van der Waals surface area contributed by atoms with Gasteiger partial charge in [-0.2, -0.15) is 0 Å². The molecule has 1 aliphatic heterocycles.